The standard InChI is InChI=1S/C15H15ClN4OS/c1-9-3-4-12-19-11(8-20(12)7-9)15(21)17-6-5-13-18-10(2)14(16)22-13/h3-4,7-8H,5-6H2,1-2H3,(H,17,21). The molecular formula is C15H15ClN4OS. The molecule has 0 aliphatic carbocycles. The maximum Gasteiger partial charge on any atom is 0.271 e. The Labute approximate surface area is 137 Å². The Bertz CT molecular complexity index is 820. The van der Waals surface area contributed by atoms with Gasteiger partial charge in [-0.15, -0.1) is 11.3 Å². The number of amides is 1. The Morgan fingerprint density at radius 1 is 1.32 bits per heavy atom. The second-order valence-corrected chi connectivity index (χ2v) is 6.76. The lowest BCUT2D eigenvalue weighted by atomic mass is 10.3. The Hall–Kier alpha value is -1.92. The zero-order valence-electron chi connectivity index (χ0n) is 12.3. The van der Waals surface area contributed by atoms with Crippen molar-refractivity contribution in [2.75, 3.05) is 6.54 Å². The molecule has 3 aromatic heterocycles. The van der Waals surface area contributed by atoms with E-state index in [1.165, 1.54) is 11.3 Å². The lowest BCUT2D eigenvalue weighted by Gasteiger charge is -2.00. The van der Waals surface area contributed by atoms with Crippen LogP contribution in [-0.4, -0.2) is 26.8 Å². The van der Waals surface area contributed by atoms with Crippen molar-refractivity contribution in [1.29, 1.82) is 0 Å². The van der Waals surface area contributed by atoms with Gasteiger partial charge < -0.3 is 9.72 Å². The van der Waals surface area contributed by atoms with Crippen molar-refractivity contribution in [2.45, 2.75) is 20.3 Å². The van der Waals surface area contributed by atoms with Gasteiger partial charge in [-0.1, -0.05) is 17.7 Å². The number of fused-ring (bicyclic) bond motifs is 1. The first kappa shape index (κ1) is 15.0. The minimum atomic E-state index is -0.180. The number of carbonyl (C=O) groups excluding carboxylic acids is 1. The van der Waals surface area contributed by atoms with Crippen LogP contribution in [0.2, 0.25) is 4.34 Å². The van der Waals surface area contributed by atoms with Crippen molar-refractivity contribution in [1.82, 2.24) is 19.7 Å². The fraction of sp³-hybridized carbons (Fsp3) is 0.267. The van der Waals surface area contributed by atoms with Gasteiger partial charge in [0.15, 0.2) is 0 Å². The van der Waals surface area contributed by atoms with Gasteiger partial charge in [0.2, 0.25) is 0 Å². The summed E-state index contributed by atoms with van der Waals surface area (Å²) in [5, 5.41) is 3.79. The number of halogens is 1. The van der Waals surface area contributed by atoms with Crippen molar-refractivity contribution < 1.29 is 4.79 Å². The number of thiazole rings is 1. The number of pyridine rings is 1. The predicted molar refractivity (Wildman–Crippen MR) is 87.8 cm³/mol. The molecule has 22 heavy (non-hydrogen) atoms. The third-order valence-corrected chi connectivity index (χ3v) is 4.75. The van der Waals surface area contributed by atoms with Crippen LogP contribution in [0.4, 0.5) is 0 Å². The summed E-state index contributed by atoms with van der Waals surface area (Å²) in [6.07, 6.45) is 4.35. The molecule has 3 heterocycles. The first-order valence-corrected chi connectivity index (χ1v) is 8.08. The number of carbonyl (C=O) groups is 1. The van der Waals surface area contributed by atoms with Gasteiger partial charge in [0.1, 0.15) is 15.7 Å². The second-order valence-electron chi connectivity index (χ2n) is 5.07. The van der Waals surface area contributed by atoms with Crippen molar-refractivity contribution in [3.8, 4) is 0 Å². The molecule has 0 saturated heterocycles. The van der Waals surface area contributed by atoms with Crippen molar-refractivity contribution >= 4 is 34.5 Å². The second kappa shape index (κ2) is 6.06. The number of aromatic nitrogens is 3. The summed E-state index contributed by atoms with van der Waals surface area (Å²) in [7, 11) is 0. The molecule has 0 bridgehead atoms. The Morgan fingerprint density at radius 2 is 2.14 bits per heavy atom. The molecule has 0 radical (unpaired) electrons. The van der Waals surface area contributed by atoms with Crippen LogP contribution in [0.15, 0.2) is 24.5 Å². The molecule has 114 valence electrons. The van der Waals surface area contributed by atoms with Gasteiger partial charge in [0, 0.05) is 25.4 Å². The van der Waals surface area contributed by atoms with Gasteiger partial charge in [-0.2, -0.15) is 0 Å². The molecule has 0 saturated carbocycles. The SMILES string of the molecule is Cc1ccc2nc(C(=O)NCCc3nc(C)c(Cl)s3)cn2c1. The Balaban J connectivity index is 1.63. The van der Waals surface area contributed by atoms with E-state index in [1.54, 1.807) is 6.20 Å². The Kier molecular flexibility index (Phi) is 4.13. The summed E-state index contributed by atoms with van der Waals surface area (Å²) >= 11 is 7.43. The first-order chi connectivity index (χ1) is 10.5. The van der Waals surface area contributed by atoms with E-state index in [0.29, 0.717) is 23.0 Å². The zero-order chi connectivity index (χ0) is 15.7. The molecule has 5 nitrogen and oxygen atoms in total. The van der Waals surface area contributed by atoms with E-state index in [9.17, 15) is 4.79 Å². The highest BCUT2D eigenvalue weighted by atomic mass is 35.5. The van der Waals surface area contributed by atoms with Gasteiger partial charge in [-0.25, -0.2) is 9.97 Å². The number of hydrogen-bond donors (Lipinski definition) is 1. The van der Waals surface area contributed by atoms with Gasteiger partial charge in [0.05, 0.1) is 10.7 Å². The van der Waals surface area contributed by atoms with Crippen LogP contribution in [-0.2, 0) is 6.42 Å². The molecule has 1 N–H and O–H groups in total. The highest BCUT2D eigenvalue weighted by Gasteiger charge is 2.11. The molecule has 3 rings (SSSR count). The van der Waals surface area contributed by atoms with E-state index in [4.69, 9.17) is 11.6 Å². The third kappa shape index (κ3) is 3.13. The third-order valence-electron chi connectivity index (χ3n) is 3.24. The minimum absolute atomic E-state index is 0.180. The van der Waals surface area contributed by atoms with Gasteiger partial charge >= 0.3 is 0 Å². The molecule has 3 aromatic rings. The number of imidazole rings is 1. The van der Waals surface area contributed by atoms with Gasteiger partial charge in [-0.3, -0.25) is 4.79 Å². The normalized spacial score (nSPS) is 11.0. The van der Waals surface area contributed by atoms with Gasteiger partial charge in [0.25, 0.3) is 5.91 Å². The van der Waals surface area contributed by atoms with E-state index in [0.717, 1.165) is 21.9 Å². The number of rotatable bonds is 4. The summed E-state index contributed by atoms with van der Waals surface area (Å²) in [5.74, 6) is -0.180. The molecular weight excluding hydrogens is 320 g/mol. The maximum atomic E-state index is 12.1. The van der Waals surface area contributed by atoms with Crippen LogP contribution in [0, 0.1) is 13.8 Å². The highest BCUT2D eigenvalue weighted by molar-refractivity contribution is 7.16. The monoisotopic (exact) mass is 334 g/mol. The van der Waals surface area contributed by atoms with Crippen LogP contribution < -0.4 is 5.32 Å². The summed E-state index contributed by atoms with van der Waals surface area (Å²) < 4.78 is 2.56. The largest absolute Gasteiger partial charge is 0.350 e. The predicted octanol–water partition coefficient (Wildman–Crippen LogP) is 3.03. The van der Waals surface area contributed by atoms with Gasteiger partial charge in [-0.05, 0) is 25.5 Å². The molecule has 0 aliphatic heterocycles. The molecule has 0 unspecified atom stereocenters. The van der Waals surface area contributed by atoms with Crippen molar-refractivity contribution in [2.24, 2.45) is 0 Å². The van der Waals surface area contributed by atoms with E-state index < -0.39 is 0 Å². The number of nitrogens with one attached hydrogen (secondary N) is 1. The fourth-order valence-electron chi connectivity index (χ4n) is 2.12. The number of nitrogens with zero attached hydrogens (tertiary/aromatic N) is 3. The summed E-state index contributed by atoms with van der Waals surface area (Å²) in [6, 6.07) is 3.87. The van der Waals surface area contributed by atoms with Crippen LogP contribution >= 0.6 is 22.9 Å². The number of aryl methyl sites for hydroxylation is 2. The highest BCUT2D eigenvalue weighted by Crippen LogP contribution is 2.23. The molecule has 0 atom stereocenters. The van der Waals surface area contributed by atoms with Crippen molar-refractivity contribution in [3.63, 3.8) is 0 Å². The van der Waals surface area contributed by atoms with E-state index in [1.807, 2.05) is 36.6 Å². The molecule has 0 spiro atoms. The maximum absolute atomic E-state index is 12.1. The molecule has 0 aliphatic rings. The lowest BCUT2D eigenvalue weighted by molar-refractivity contribution is 0.0950. The zero-order valence-corrected chi connectivity index (χ0v) is 13.8. The van der Waals surface area contributed by atoms with E-state index >= 15 is 0 Å². The molecule has 0 aromatic carbocycles. The minimum Gasteiger partial charge on any atom is -0.350 e. The van der Waals surface area contributed by atoms with E-state index in [-0.39, 0.29) is 5.91 Å². The average Bonchev–Trinajstić information content (AvgIpc) is 3.02. The average molecular weight is 335 g/mol. The topological polar surface area (TPSA) is 59.3 Å². The molecule has 1 amide bonds. The van der Waals surface area contributed by atoms with Crippen LogP contribution in [0.3, 0.4) is 0 Å². The molecule has 7 heteroatoms. The summed E-state index contributed by atoms with van der Waals surface area (Å²) in [4.78, 5) is 20.8. The smallest absolute Gasteiger partial charge is 0.271 e. The molecule has 0 fully saturated rings. The van der Waals surface area contributed by atoms with E-state index in [2.05, 4.69) is 15.3 Å². The van der Waals surface area contributed by atoms with Crippen LogP contribution in [0.1, 0.15) is 26.8 Å². The Morgan fingerprint density at radius 3 is 2.86 bits per heavy atom. The number of hydrogen-bond acceptors (Lipinski definition) is 4. The fourth-order valence-corrected chi connectivity index (χ4v) is 3.22. The van der Waals surface area contributed by atoms with Crippen LogP contribution in [0.25, 0.3) is 5.65 Å². The quantitative estimate of drug-likeness (QED) is 0.797. The van der Waals surface area contributed by atoms with Crippen LogP contribution in [0.5, 0.6) is 0 Å². The lowest BCUT2D eigenvalue weighted by Crippen LogP contribution is -2.25. The summed E-state index contributed by atoms with van der Waals surface area (Å²) in [6.45, 7) is 4.38. The summed E-state index contributed by atoms with van der Waals surface area (Å²) in [5.41, 5.74) is 3.13. The van der Waals surface area contributed by atoms with Crippen molar-refractivity contribution in [3.05, 3.63) is 50.8 Å². The first-order valence-electron chi connectivity index (χ1n) is 6.88.